The highest BCUT2D eigenvalue weighted by molar-refractivity contribution is 5.28. The quantitative estimate of drug-likeness (QED) is 0.776. The first-order valence-electron chi connectivity index (χ1n) is 4.72. The zero-order valence-corrected chi connectivity index (χ0v) is 8.46. The molecule has 0 saturated carbocycles. The van der Waals surface area contributed by atoms with Gasteiger partial charge in [-0.3, -0.25) is 0 Å². The van der Waals surface area contributed by atoms with E-state index < -0.39 is 0 Å². The monoisotopic (exact) mass is 215 g/mol. The maximum atomic E-state index is 8.51. The number of benzene rings is 1. The van der Waals surface area contributed by atoms with Gasteiger partial charge in [-0.1, -0.05) is 17.3 Å². The van der Waals surface area contributed by atoms with Crippen LogP contribution in [0.15, 0.2) is 35.2 Å². The molecule has 0 aliphatic carbocycles. The van der Waals surface area contributed by atoms with Crippen molar-refractivity contribution in [2.75, 3.05) is 0 Å². The van der Waals surface area contributed by atoms with Crippen LogP contribution in [0.25, 0.3) is 0 Å². The molecule has 1 aromatic carbocycles. The maximum Gasteiger partial charge on any atom is 0.213 e. The molecule has 1 heterocycles. The fraction of sp³-hybridized carbons (Fsp3) is 0.182. The first-order valence-corrected chi connectivity index (χ1v) is 4.72. The number of rotatable bonds is 4. The minimum atomic E-state index is 0.272. The van der Waals surface area contributed by atoms with E-state index in [0.29, 0.717) is 18.0 Å². The molecule has 16 heavy (non-hydrogen) atoms. The van der Waals surface area contributed by atoms with Crippen LogP contribution in [0.2, 0.25) is 0 Å². The van der Waals surface area contributed by atoms with Crippen molar-refractivity contribution in [2.45, 2.75) is 13.0 Å². The number of hydrogen-bond acceptors (Lipinski definition) is 5. The fourth-order valence-electron chi connectivity index (χ4n) is 1.20. The molecule has 0 aliphatic rings. The van der Waals surface area contributed by atoms with Crippen LogP contribution in [0.1, 0.15) is 11.4 Å². The summed E-state index contributed by atoms with van der Waals surface area (Å²) in [5.41, 5.74) is 0.967. The van der Waals surface area contributed by atoms with Crippen LogP contribution in [-0.2, 0) is 13.0 Å². The molecule has 2 rings (SSSR count). The topological polar surface area (TPSA) is 71.9 Å². The van der Waals surface area contributed by atoms with Gasteiger partial charge in [-0.2, -0.15) is 10.2 Å². The van der Waals surface area contributed by atoms with Gasteiger partial charge < -0.3 is 9.26 Å². The third-order valence-corrected chi connectivity index (χ3v) is 1.98. The van der Waals surface area contributed by atoms with Gasteiger partial charge in [0.05, 0.1) is 12.5 Å². The summed E-state index contributed by atoms with van der Waals surface area (Å²) in [6.07, 6.45) is 1.67. The first-order chi connectivity index (χ1) is 7.88. The minimum Gasteiger partial charge on any atom is -0.485 e. The second-order valence-corrected chi connectivity index (χ2v) is 3.11. The highest BCUT2D eigenvalue weighted by atomic mass is 16.5. The van der Waals surface area contributed by atoms with Crippen molar-refractivity contribution in [3.63, 3.8) is 0 Å². The third kappa shape index (κ3) is 2.58. The number of ether oxygens (including phenoxy) is 1. The summed E-state index contributed by atoms with van der Waals surface area (Å²) in [4.78, 5) is 3.83. The van der Waals surface area contributed by atoms with Crippen molar-refractivity contribution in [1.82, 2.24) is 10.1 Å². The molecule has 0 amide bonds. The summed E-state index contributed by atoms with van der Waals surface area (Å²) >= 11 is 0. The Morgan fingerprint density at radius 3 is 2.75 bits per heavy atom. The van der Waals surface area contributed by atoms with E-state index >= 15 is 0 Å². The maximum absolute atomic E-state index is 8.51. The zero-order chi connectivity index (χ0) is 11.2. The Bertz CT molecular complexity index is 471. The van der Waals surface area contributed by atoms with Crippen molar-refractivity contribution in [1.29, 1.82) is 5.26 Å². The van der Waals surface area contributed by atoms with Gasteiger partial charge in [-0.25, -0.2) is 0 Å². The van der Waals surface area contributed by atoms with E-state index in [2.05, 4.69) is 20.7 Å². The second-order valence-electron chi connectivity index (χ2n) is 3.11. The molecule has 0 N–H and O–H groups in total. The average Bonchev–Trinajstić information content (AvgIpc) is 2.82. The lowest BCUT2D eigenvalue weighted by Crippen LogP contribution is -1.97. The van der Waals surface area contributed by atoms with E-state index in [0.717, 1.165) is 5.56 Å². The van der Waals surface area contributed by atoms with Gasteiger partial charge >= 0.3 is 0 Å². The Labute approximate surface area is 92.3 Å². The van der Waals surface area contributed by atoms with Crippen molar-refractivity contribution in [2.24, 2.45) is 0 Å². The summed E-state index contributed by atoms with van der Waals surface area (Å²) in [6.45, 7) is 0.272. The van der Waals surface area contributed by atoms with Gasteiger partial charge in [0.2, 0.25) is 12.2 Å². The van der Waals surface area contributed by atoms with E-state index in [-0.39, 0.29) is 6.61 Å². The Balaban J connectivity index is 1.93. The Kier molecular flexibility index (Phi) is 3.14. The predicted molar refractivity (Wildman–Crippen MR) is 54.4 cm³/mol. The Morgan fingerprint density at radius 1 is 1.31 bits per heavy atom. The molecule has 0 bridgehead atoms. The normalized spacial score (nSPS) is 9.69. The van der Waals surface area contributed by atoms with Crippen LogP contribution < -0.4 is 4.74 Å². The van der Waals surface area contributed by atoms with Gasteiger partial charge in [0.1, 0.15) is 5.75 Å². The van der Waals surface area contributed by atoms with Crippen LogP contribution in [-0.4, -0.2) is 10.1 Å². The van der Waals surface area contributed by atoms with E-state index in [9.17, 15) is 0 Å². The molecule has 5 nitrogen and oxygen atoms in total. The highest BCUT2D eigenvalue weighted by Crippen LogP contribution is 2.13. The standard InChI is InChI=1S/C11H9N3O2/c12-6-5-9-1-3-10(4-2-9)15-7-11-13-8-16-14-11/h1-4,8H,5,7H2. The molecule has 1 aromatic heterocycles. The van der Waals surface area contributed by atoms with Crippen LogP contribution in [0.3, 0.4) is 0 Å². The van der Waals surface area contributed by atoms with Gasteiger partial charge in [0, 0.05) is 0 Å². The number of nitriles is 1. The largest absolute Gasteiger partial charge is 0.485 e. The first kappa shape index (κ1) is 10.2. The summed E-state index contributed by atoms with van der Waals surface area (Å²) in [6, 6.07) is 9.42. The molecule has 2 aromatic rings. The number of nitrogens with zero attached hydrogens (tertiary/aromatic N) is 3. The molecule has 0 aliphatic heterocycles. The van der Waals surface area contributed by atoms with Crippen molar-refractivity contribution >= 4 is 0 Å². The Morgan fingerprint density at radius 2 is 2.12 bits per heavy atom. The predicted octanol–water partition coefficient (Wildman–Crippen LogP) is 1.71. The second kappa shape index (κ2) is 4.94. The third-order valence-electron chi connectivity index (χ3n) is 1.98. The van der Waals surface area contributed by atoms with Gasteiger partial charge in [-0.15, -0.1) is 0 Å². The van der Waals surface area contributed by atoms with E-state index in [1.807, 2.05) is 24.3 Å². The Hall–Kier alpha value is -2.35. The molecule has 0 atom stereocenters. The molecule has 0 saturated heterocycles. The van der Waals surface area contributed by atoms with Crippen LogP contribution in [0.5, 0.6) is 5.75 Å². The van der Waals surface area contributed by atoms with E-state index in [1.54, 1.807) is 0 Å². The summed E-state index contributed by atoms with van der Waals surface area (Å²) < 4.78 is 9.99. The molecule has 0 spiro atoms. The fourth-order valence-corrected chi connectivity index (χ4v) is 1.20. The van der Waals surface area contributed by atoms with Gasteiger partial charge in [0.15, 0.2) is 6.61 Å². The minimum absolute atomic E-state index is 0.272. The molecular weight excluding hydrogens is 206 g/mol. The van der Waals surface area contributed by atoms with Crippen molar-refractivity contribution < 1.29 is 9.26 Å². The van der Waals surface area contributed by atoms with Gasteiger partial charge in [-0.05, 0) is 17.7 Å². The van der Waals surface area contributed by atoms with Gasteiger partial charge in [0.25, 0.3) is 0 Å². The van der Waals surface area contributed by atoms with Crippen LogP contribution in [0, 0.1) is 11.3 Å². The molecule has 0 fully saturated rings. The van der Waals surface area contributed by atoms with E-state index in [1.165, 1.54) is 6.39 Å². The summed E-state index contributed by atoms with van der Waals surface area (Å²) in [5.74, 6) is 1.22. The van der Waals surface area contributed by atoms with Crippen LogP contribution in [0.4, 0.5) is 0 Å². The zero-order valence-electron chi connectivity index (χ0n) is 8.46. The summed E-state index contributed by atoms with van der Waals surface area (Å²) in [7, 11) is 0. The number of aromatic nitrogens is 2. The van der Waals surface area contributed by atoms with Crippen molar-refractivity contribution in [3.8, 4) is 11.8 Å². The van der Waals surface area contributed by atoms with Crippen LogP contribution >= 0.6 is 0 Å². The number of hydrogen-bond donors (Lipinski definition) is 0. The van der Waals surface area contributed by atoms with E-state index in [4.69, 9.17) is 10.00 Å². The average molecular weight is 215 g/mol. The van der Waals surface area contributed by atoms with Crippen molar-refractivity contribution in [3.05, 3.63) is 42.0 Å². The molecule has 0 radical (unpaired) electrons. The molecule has 5 heteroatoms. The smallest absolute Gasteiger partial charge is 0.213 e. The molecule has 0 unspecified atom stereocenters. The lowest BCUT2D eigenvalue weighted by molar-refractivity contribution is 0.286. The lowest BCUT2D eigenvalue weighted by atomic mass is 10.2. The highest BCUT2D eigenvalue weighted by Gasteiger charge is 2.00. The molecular formula is C11H9N3O2. The SMILES string of the molecule is N#CCc1ccc(OCc2ncon2)cc1. The summed E-state index contributed by atoms with van der Waals surface area (Å²) in [5, 5.41) is 12.1. The molecule has 80 valence electrons. The lowest BCUT2D eigenvalue weighted by Gasteiger charge is -2.03.